The van der Waals surface area contributed by atoms with Gasteiger partial charge in [-0.25, -0.2) is 0 Å². The van der Waals surface area contributed by atoms with Crippen molar-refractivity contribution in [2.45, 2.75) is 13.8 Å². The maximum Gasteiger partial charge on any atom is 0.0634 e. The molecular weight excluding hydrogens is 873 g/mol. The topological polar surface area (TPSA) is 15.3 Å². The van der Waals surface area contributed by atoms with E-state index in [2.05, 4.69) is 275 Å². The number of nitrogens with zero attached hydrogens (tertiary/aromatic N) is 4. The smallest absolute Gasteiger partial charge is 0.0634 e. The molecule has 72 heavy (non-hydrogen) atoms. The number of aryl methyl sites for hydroxylation is 2. The molecule has 4 heteroatoms. The molecule has 0 amide bonds. The predicted molar refractivity (Wildman–Crippen MR) is 305 cm³/mol. The van der Waals surface area contributed by atoms with Crippen LogP contribution >= 0.6 is 0 Å². The van der Waals surface area contributed by atoms with Crippen molar-refractivity contribution in [1.82, 2.24) is 8.80 Å². The van der Waals surface area contributed by atoms with Crippen molar-refractivity contribution in [3.05, 3.63) is 254 Å². The van der Waals surface area contributed by atoms with E-state index in [1.807, 2.05) is 0 Å². The van der Waals surface area contributed by atoms with Crippen LogP contribution in [0.3, 0.4) is 0 Å². The van der Waals surface area contributed by atoms with Crippen molar-refractivity contribution >= 4 is 110 Å². The van der Waals surface area contributed by atoms with Crippen molar-refractivity contribution in [2.24, 2.45) is 0 Å². The monoisotopic (exact) mass is 918 g/mol. The van der Waals surface area contributed by atoms with Gasteiger partial charge in [-0.05, 0) is 97.8 Å². The van der Waals surface area contributed by atoms with Gasteiger partial charge >= 0.3 is 0 Å². The molecule has 0 aliphatic rings. The molecule has 4 aromatic heterocycles. The molecule has 0 fully saturated rings. The second-order valence-electron chi connectivity index (χ2n) is 19.4. The van der Waals surface area contributed by atoms with Crippen LogP contribution in [0.4, 0.5) is 34.1 Å². The van der Waals surface area contributed by atoms with Crippen LogP contribution in [0, 0.1) is 13.8 Å². The molecule has 0 spiro atoms. The lowest BCUT2D eigenvalue weighted by Gasteiger charge is -2.26. The SMILES string of the molecule is Cc1ccc(N(c2ccccc2)c2ccc3c4cccc5c6c(-c7ccccc7)c7c(c(-c8ccccc8)c6n(c3c2)c45)c2cccc3c4ccc(N(c5ccccc5)c5ccc(C)cc5)cc4n7c32)cc1. The minimum atomic E-state index is 1.11. The summed E-state index contributed by atoms with van der Waals surface area (Å²) in [6.45, 7) is 4.31. The summed E-state index contributed by atoms with van der Waals surface area (Å²) in [5.74, 6) is 0. The summed E-state index contributed by atoms with van der Waals surface area (Å²) in [5, 5.41) is 9.99. The van der Waals surface area contributed by atoms with E-state index in [9.17, 15) is 0 Å². The van der Waals surface area contributed by atoms with E-state index in [0.717, 1.165) is 34.1 Å². The summed E-state index contributed by atoms with van der Waals surface area (Å²) in [6.07, 6.45) is 0. The van der Waals surface area contributed by atoms with Gasteiger partial charge < -0.3 is 18.6 Å². The standard InChI is InChI=1S/C68H46N4/c1-43-29-33-49(34-30-43)69(47-21-11-5-12-22-47)51-37-39-53-55-25-15-27-57-63-62(46-19-9-4-10-20-46)68-64(61(45-17-7-3-8-18-45)67(63)71(65(55)57)59(53)41-51)58-28-16-26-56-54-40-38-52(42-60(54)72(68)66(56)58)70(48-23-13-6-14-24-48)50-35-31-44(2)32-36-50/h3-42H,1-2H3. The van der Waals surface area contributed by atoms with E-state index in [0.29, 0.717) is 0 Å². The lowest BCUT2D eigenvalue weighted by molar-refractivity contribution is 1.27. The van der Waals surface area contributed by atoms with Crippen molar-refractivity contribution in [3.8, 4) is 22.3 Å². The minimum Gasteiger partial charge on any atom is -0.310 e. The lowest BCUT2D eigenvalue weighted by Crippen LogP contribution is -2.09. The summed E-state index contributed by atoms with van der Waals surface area (Å²) >= 11 is 0. The van der Waals surface area contributed by atoms with E-state index < -0.39 is 0 Å². The third-order valence-electron chi connectivity index (χ3n) is 15.2. The number of hydrogen-bond donors (Lipinski definition) is 0. The zero-order chi connectivity index (χ0) is 47.6. The van der Waals surface area contributed by atoms with Crippen LogP contribution in [-0.2, 0) is 0 Å². The van der Waals surface area contributed by atoms with Crippen molar-refractivity contribution in [2.75, 3.05) is 9.80 Å². The third-order valence-corrected chi connectivity index (χ3v) is 15.2. The van der Waals surface area contributed by atoms with Crippen LogP contribution in [0.15, 0.2) is 243 Å². The zero-order valence-electron chi connectivity index (χ0n) is 39.9. The zero-order valence-corrected chi connectivity index (χ0v) is 39.9. The van der Waals surface area contributed by atoms with Gasteiger partial charge in [0.2, 0.25) is 0 Å². The highest BCUT2D eigenvalue weighted by Gasteiger charge is 2.31. The normalized spacial score (nSPS) is 12.0. The van der Waals surface area contributed by atoms with E-state index in [4.69, 9.17) is 0 Å². The average Bonchev–Trinajstić information content (AvgIpc) is 4.18. The summed E-state index contributed by atoms with van der Waals surface area (Å²) in [7, 11) is 0. The molecule has 0 bridgehead atoms. The maximum absolute atomic E-state index is 2.62. The van der Waals surface area contributed by atoms with Gasteiger partial charge in [-0.2, -0.15) is 0 Å². The highest BCUT2D eigenvalue weighted by Crippen LogP contribution is 2.54. The Bertz CT molecular complexity index is 4240. The van der Waals surface area contributed by atoms with Crippen molar-refractivity contribution in [3.63, 3.8) is 0 Å². The molecule has 15 rings (SSSR count). The highest BCUT2D eigenvalue weighted by atomic mass is 15.1. The first kappa shape index (κ1) is 40.5. The van der Waals surface area contributed by atoms with Crippen LogP contribution in [0.2, 0.25) is 0 Å². The number of anilines is 6. The largest absolute Gasteiger partial charge is 0.310 e. The quantitative estimate of drug-likeness (QED) is 0.151. The lowest BCUT2D eigenvalue weighted by atomic mass is 9.89. The van der Waals surface area contributed by atoms with E-state index in [-0.39, 0.29) is 0 Å². The summed E-state index contributed by atoms with van der Waals surface area (Å²) in [4.78, 5) is 4.78. The van der Waals surface area contributed by atoms with Crippen molar-refractivity contribution in [1.29, 1.82) is 0 Å². The maximum atomic E-state index is 2.62. The Morgan fingerprint density at radius 1 is 0.264 bits per heavy atom. The van der Waals surface area contributed by atoms with E-state index in [1.165, 1.54) is 110 Å². The van der Waals surface area contributed by atoms with Crippen LogP contribution in [-0.4, -0.2) is 8.80 Å². The molecule has 0 atom stereocenters. The van der Waals surface area contributed by atoms with Gasteiger partial charge in [0.15, 0.2) is 0 Å². The average molecular weight is 919 g/mol. The fourth-order valence-electron chi connectivity index (χ4n) is 12.2. The molecule has 0 radical (unpaired) electrons. The number of hydrogen-bond acceptors (Lipinski definition) is 2. The molecule has 15 aromatic rings. The van der Waals surface area contributed by atoms with Gasteiger partial charge in [-0.3, -0.25) is 0 Å². The van der Waals surface area contributed by atoms with E-state index >= 15 is 0 Å². The molecule has 4 heterocycles. The van der Waals surface area contributed by atoms with Gasteiger partial charge in [0.05, 0.1) is 33.1 Å². The first-order valence-electron chi connectivity index (χ1n) is 24.9. The van der Waals surface area contributed by atoms with Gasteiger partial charge in [-0.1, -0.05) is 181 Å². The third kappa shape index (κ3) is 5.81. The Morgan fingerprint density at radius 3 is 0.986 bits per heavy atom. The molecule has 0 saturated heterocycles. The first-order chi connectivity index (χ1) is 35.6. The fraction of sp³-hybridized carbons (Fsp3) is 0.0294. The minimum absolute atomic E-state index is 1.11. The van der Waals surface area contributed by atoms with Crippen LogP contribution < -0.4 is 9.80 Å². The summed E-state index contributed by atoms with van der Waals surface area (Å²) < 4.78 is 5.24. The number of para-hydroxylation sites is 4. The Morgan fingerprint density at radius 2 is 0.597 bits per heavy atom. The van der Waals surface area contributed by atoms with Crippen LogP contribution in [0.5, 0.6) is 0 Å². The molecule has 0 saturated carbocycles. The molecule has 0 aliphatic heterocycles. The van der Waals surface area contributed by atoms with Crippen molar-refractivity contribution < 1.29 is 0 Å². The molecular formula is C68H46N4. The van der Waals surface area contributed by atoms with Gasteiger partial charge in [-0.15, -0.1) is 0 Å². The predicted octanol–water partition coefficient (Wildman–Crippen LogP) is 18.9. The second-order valence-corrected chi connectivity index (χ2v) is 19.4. The Balaban J connectivity index is 1.13. The number of benzene rings is 11. The van der Waals surface area contributed by atoms with Crippen LogP contribution in [0.1, 0.15) is 11.1 Å². The molecule has 4 nitrogen and oxygen atoms in total. The van der Waals surface area contributed by atoms with Crippen LogP contribution in [0.25, 0.3) is 98.4 Å². The fourth-order valence-corrected chi connectivity index (χ4v) is 12.2. The Hall–Kier alpha value is -9.38. The second kappa shape index (κ2) is 15.6. The Kier molecular flexibility index (Phi) is 8.75. The molecule has 338 valence electrons. The number of rotatable bonds is 8. The van der Waals surface area contributed by atoms with Gasteiger partial charge in [0.1, 0.15) is 0 Å². The van der Waals surface area contributed by atoms with Gasteiger partial charge in [0.25, 0.3) is 0 Å². The highest BCUT2D eigenvalue weighted by molar-refractivity contribution is 6.38. The number of aromatic nitrogens is 2. The molecule has 0 aliphatic carbocycles. The number of fused-ring (bicyclic) bond motifs is 12. The molecule has 0 N–H and O–H groups in total. The first-order valence-corrected chi connectivity index (χ1v) is 24.9. The Labute approximate surface area is 416 Å². The molecule has 0 unspecified atom stereocenters. The van der Waals surface area contributed by atoms with E-state index in [1.54, 1.807) is 0 Å². The van der Waals surface area contributed by atoms with Gasteiger partial charge in [0, 0.05) is 88.3 Å². The summed E-state index contributed by atoms with van der Waals surface area (Å²) in [5.41, 5.74) is 21.3. The summed E-state index contributed by atoms with van der Waals surface area (Å²) in [6, 6.07) is 89.7. The molecule has 11 aromatic carbocycles.